The summed E-state index contributed by atoms with van der Waals surface area (Å²) in [7, 11) is 0. The monoisotopic (exact) mass is 168 g/mol. The van der Waals surface area contributed by atoms with Gasteiger partial charge in [0.15, 0.2) is 0 Å². The summed E-state index contributed by atoms with van der Waals surface area (Å²) in [6.07, 6.45) is 3.90. The fourth-order valence-corrected chi connectivity index (χ4v) is 1.32. The summed E-state index contributed by atoms with van der Waals surface area (Å²) in [4.78, 5) is 0. The summed E-state index contributed by atoms with van der Waals surface area (Å²) in [5, 5.41) is 11.6. The number of nitrogens with zero attached hydrogens (tertiary/aromatic N) is 1. The van der Waals surface area contributed by atoms with Gasteiger partial charge < -0.3 is 4.74 Å². The van der Waals surface area contributed by atoms with Gasteiger partial charge in [-0.1, -0.05) is 0 Å². The smallest absolute Gasteiger partial charge is 0.0925 e. The van der Waals surface area contributed by atoms with Crippen LogP contribution in [0.4, 0.5) is 0 Å². The van der Waals surface area contributed by atoms with E-state index in [0.717, 1.165) is 19.6 Å². The molecule has 0 amide bonds. The second kappa shape index (κ2) is 5.13. The van der Waals surface area contributed by atoms with Crippen LogP contribution >= 0.6 is 0 Å². The lowest BCUT2D eigenvalue weighted by atomic mass is 10.1. The van der Waals surface area contributed by atoms with Crippen molar-refractivity contribution >= 4 is 0 Å². The van der Waals surface area contributed by atoms with Crippen molar-refractivity contribution in [2.75, 3.05) is 13.2 Å². The Hall–Kier alpha value is -0.590. The van der Waals surface area contributed by atoms with E-state index in [9.17, 15) is 0 Å². The molecule has 1 N–H and O–H groups in total. The molecule has 68 valence electrons. The Kier molecular flexibility index (Phi) is 4.06. The van der Waals surface area contributed by atoms with Crippen molar-refractivity contribution in [2.45, 2.75) is 38.3 Å². The van der Waals surface area contributed by atoms with Crippen molar-refractivity contribution < 1.29 is 4.74 Å². The van der Waals surface area contributed by atoms with Crippen LogP contribution in [-0.4, -0.2) is 25.3 Å². The summed E-state index contributed by atoms with van der Waals surface area (Å²) in [6.45, 7) is 3.56. The third-order valence-electron chi connectivity index (χ3n) is 2.12. The molecule has 1 aliphatic heterocycles. The van der Waals surface area contributed by atoms with E-state index in [4.69, 9.17) is 10.00 Å². The molecule has 0 aromatic rings. The predicted molar refractivity (Wildman–Crippen MR) is 46.7 cm³/mol. The fraction of sp³-hybridized carbons (Fsp3) is 0.889. The molecule has 1 saturated heterocycles. The van der Waals surface area contributed by atoms with Gasteiger partial charge in [-0.05, 0) is 26.2 Å². The largest absolute Gasteiger partial charge is 0.377 e. The first kappa shape index (κ1) is 9.50. The zero-order valence-electron chi connectivity index (χ0n) is 7.55. The molecular weight excluding hydrogens is 152 g/mol. The zero-order valence-corrected chi connectivity index (χ0v) is 7.55. The number of ether oxygens (including phenoxy) is 1. The summed E-state index contributed by atoms with van der Waals surface area (Å²) < 4.78 is 5.50. The van der Waals surface area contributed by atoms with Crippen LogP contribution < -0.4 is 5.32 Å². The highest BCUT2D eigenvalue weighted by atomic mass is 16.5. The summed E-state index contributed by atoms with van der Waals surface area (Å²) >= 11 is 0. The minimum Gasteiger partial charge on any atom is -0.377 e. The van der Waals surface area contributed by atoms with Crippen LogP contribution in [0.3, 0.4) is 0 Å². The predicted octanol–water partition coefficient (Wildman–Crippen LogP) is 1.06. The molecule has 0 spiro atoms. The van der Waals surface area contributed by atoms with E-state index in [0.29, 0.717) is 6.10 Å². The van der Waals surface area contributed by atoms with Crippen molar-refractivity contribution in [1.82, 2.24) is 5.32 Å². The molecule has 0 aromatic carbocycles. The minimum atomic E-state index is -0.0597. The van der Waals surface area contributed by atoms with Gasteiger partial charge in [0.25, 0.3) is 0 Å². The highest BCUT2D eigenvalue weighted by Crippen LogP contribution is 2.11. The first-order valence-electron chi connectivity index (χ1n) is 4.57. The van der Waals surface area contributed by atoms with Crippen molar-refractivity contribution in [2.24, 2.45) is 0 Å². The Balaban J connectivity index is 2.10. The van der Waals surface area contributed by atoms with Crippen LogP contribution in [0.25, 0.3) is 0 Å². The first-order valence-corrected chi connectivity index (χ1v) is 4.57. The maximum atomic E-state index is 8.51. The molecule has 0 radical (unpaired) electrons. The lowest BCUT2D eigenvalue weighted by Crippen LogP contribution is -2.35. The van der Waals surface area contributed by atoms with Gasteiger partial charge >= 0.3 is 0 Å². The van der Waals surface area contributed by atoms with Crippen LogP contribution in [0.2, 0.25) is 0 Å². The Morgan fingerprint density at radius 2 is 2.50 bits per heavy atom. The Morgan fingerprint density at radius 3 is 3.08 bits per heavy atom. The van der Waals surface area contributed by atoms with E-state index < -0.39 is 0 Å². The number of rotatable bonds is 3. The SMILES string of the molecule is CC(C#N)NCC1CCCCO1. The lowest BCUT2D eigenvalue weighted by molar-refractivity contribution is 0.0164. The Morgan fingerprint density at radius 1 is 1.67 bits per heavy atom. The molecule has 0 bridgehead atoms. The topological polar surface area (TPSA) is 45.0 Å². The second-order valence-corrected chi connectivity index (χ2v) is 3.25. The van der Waals surface area contributed by atoms with Crippen LogP contribution in [0.1, 0.15) is 26.2 Å². The van der Waals surface area contributed by atoms with Crippen molar-refractivity contribution in [3.05, 3.63) is 0 Å². The molecule has 2 unspecified atom stereocenters. The quantitative estimate of drug-likeness (QED) is 0.685. The maximum absolute atomic E-state index is 8.51. The molecule has 1 fully saturated rings. The average Bonchev–Trinajstić information content (AvgIpc) is 2.16. The van der Waals surface area contributed by atoms with Gasteiger partial charge in [-0.2, -0.15) is 5.26 Å². The third kappa shape index (κ3) is 3.21. The number of hydrogen-bond acceptors (Lipinski definition) is 3. The first-order chi connectivity index (χ1) is 5.83. The molecule has 3 heteroatoms. The van der Waals surface area contributed by atoms with Crippen LogP contribution in [0.15, 0.2) is 0 Å². The van der Waals surface area contributed by atoms with E-state index in [2.05, 4.69) is 11.4 Å². The average molecular weight is 168 g/mol. The summed E-state index contributed by atoms with van der Waals surface area (Å²) in [6, 6.07) is 2.08. The summed E-state index contributed by atoms with van der Waals surface area (Å²) in [5.74, 6) is 0. The molecule has 0 saturated carbocycles. The van der Waals surface area contributed by atoms with E-state index >= 15 is 0 Å². The number of nitriles is 1. The number of hydrogen-bond donors (Lipinski definition) is 1. The van der Waals surface area contributed by atoms with Gasteiger partial charge in [0.1, 0.15) is 0 Å². The zero-order chi connectivity index (χ0) is 8.81. The van der Waals surface area contributed by atoms with E-state index in [1.54, 1.807) is 0 Å². The molecule has 3 nitrogen and oxygen atoms in total. The van der Waals surface area contributed by atoms with Gasteiger partial charge in [-0.3, -0.25) is 5.32 Å². The highest BCUT2D eigenvalue weighted by molar-refractivity contribution is 4.86. The molecular formula is C9H16N2O. The maximum Gasteiger partial charge on any atom is 0.0925 e. The normalized spacial score (nSPS) is 26.2. The van der Waals surface area contributed by atoms with Gasteiger partial charge in [0, 0.05) is 13.2 Å². The molecule has 0 aromatic heterocycles. The molecule has 0 aliphatic carbocycles. The fourth-order valence-electron chi connectivity index (χ4n) is 1.32. The van der Waals surface area contributed by atoms with E-state index in [1.165, 1.54) is 12.8 Å². The molecule has 1 aliphatic rings. The second-order valence-electron chi connectivity index (χ2n) is 3.25. The van der Waals surface area contributed by atoms with Gasteiger partial charge in [-0.25, -0.2) is 0 Å². The minimum absolute atomic E-state index is 0.0597. The van der Waals surface area contributed by atoms with Crippen LogP contribution in [-0.2, 0) is 4.74 Å². The lowest BCUT2D eigenvalue weighted by Gasteiger charge is -2.23. The number of nitrogens with one attached hydrogen (secondary N) is 1. The van der Waals surface area contributed by atoms with Gasteiger partial charge in [0.05, 0.1) is 18.2 Å². The van der Waals surface area contributed by atoms with Gasteiger partial charge in [0.2, 0.25) is 0 Å². The molecule has 1 heterocycles. The Bertz CT molecular complexity index is 158. The Labute approximate surface area is 73.7 Å². The highest BCUT2D eigenvalue weighted by Gasteiger charge is 2.13. The van der Waals surface area contributed by atoms with Crippen molar-refractivity contribution in [3.63, 3.8) is 0 Å². The van der Waals surface area contributed by atoms with Crippen molar-refractivity contribution in [1.29, 1.82) is 5.26 Å². The summed E-state index contributed by atoms with van der Waals surface area (Å²) in [5.41, 5.74) is 0. The molecule has 12 heavy (non-hydrogen) atoms. The van der Waals surface area contributed by atoms with E-state index in [1.807, 2.05) is 6.92 Å². The van der Waals surface area contributed by atoms with Crippen LogP contribution in [0.5, 0.6) is 0 Å². The van der Waals surface area contributed by atoms with Crippen LogP contribution in [0, 0.1) is 11.3 Å². The standard InChI is InChI=1S/C9H16N2O/c1-8(6-10)11-7-9-4-2-3-5-12-9/h8-9,11H,2-5,7H2,1H3. The van der Waals surface area contributed by atoms with Gasteiger partial charge in [-0.15, -0.1) is 0 Å². The molecule has 1 rings (SSSR count). The molecule has 2 atom stereocenters. The van der Waals surface area contributed by atoms with E-state index in [-0.39, 0.29) is 6.04 Å². The van der Waals surface area contributed by atoms with Crippen molar-refractivity contribution in [3.8, 4) is 6.07 Å². The third-order valence-corrected chi connectivity index (χ3v) is 2.12.